The van der Waals surface area contributed by atoms with Gasteiger partial charge in [0.05, 0.1) is 6.10 Å². The van der Waals surface area contributed by atoms with Gasteiger partial charge < -0.3 is 4.18 Å². The third kappa shape index (κ3) is 6.99. The van der Waals surface area contributed by atoms with Crippen LogP contribution in [0.15, 0.2) is 0 Å². The second-order valence-electron chi connectivity index (χ2n) is 3.81. The second-order valence-corrected chi connectivity index (χ2v) is 4.02. The largest absolute Gasteiger partial charge is 0.315 e. The Morgan fingerprint density at radius 1 is 1.17 bits per heavy atom. The van der Waals surface area contributed by atoms with E-state index in [0.717, 1.165) is 18.8 Å². The van der Waals surface area contributed by atoms with Crippen LogP contribution in [0.4, 0.5) is 0 Å². The van der Waals surface area contributed by atoms with Crippen LogP contribution in [0, 0.1) is 5.92 Å². The third-order valence-corrected chi connectivity index (χ3v) is 2.46. The number of rotatable bonds is 7. The fraction of sp³-hybridized carbons (Fsp3) is 1.00. The predicted octanol–water partition coefficient (Wildman–Crippen LogP) is 3.84. The maximum atomic E-state index is 5.00. The molecule has 0 fully saturated rings. The summed E-state index contributed by atoms with van der Waals surface area (Å²) in [5.41, 5.74) is 0. The van der Waals surface area contributed by atoms with Gasteiger partial charge in [0.2, 0.25) is 0 Å². The highest BCUT2D eigenvalue weighted by atomic mass is 32.1. The molecule has 0 rings (SSSR count). The van der Waals surface area contributed by atoms with Crippen LogP contribution < -0.4 is 0 Å². The molecule has 0 aromatic carbocycles. The molecule has 0 bridgehead atoms. The molecule has 0 N–H and O–H groups in total. The second kappa shape index (κ2) is 7.93. The van der Waals surface area contributed by atoms with Gasteiger partial charge in [0.25, 0.3) is 0 Å². The summed E-state index contributed by atoms with van der Waals surface area (Å²) in [5, 5.41) is 0. The van der Waals surface area contributed by atoms with E-state index in [1.807, 2.05) is 0 Å². The zero-order chi connectivity index (χ0) is 9.40. The van der Waals surface area contributed by atoms with Crippen molar-refractivity contribution in [3.8, 4) is 0 Å². The Morgan fingerprint density at radius 3 is 2.17 bits per heavy atom. The number of thiol groups is 1. The minimum absolute atomic E-state index is 0.362. The molecule has 0 saturated heterocycles. The molecule has 0 aromatic rings. The molecule has 0 radical (unpaired) electrons. The Labute approximate surface area is 82.5 Å². The van der Waals surface area contributed by atoms with E-state index in [4.69, 9.17) is 4.18 Å². The van der Waals surface area contributed by atoms with E-state index < -0.39 is 0 Å². The van der Waals surface area contributed by atoms with Gasteiger partial charge in [-0.1, -0.05) is 40.0 Å². The molecular weight excluding hydrogens is 168 g/mol. The average Bonchev–Trinajstić information content (AvgIpc) is 2.04. The first-order chi connectivity index (χ1) is 5.70. The van der Waals surface area contributed by atoms with Crippen LogP contribution in [-0.4, -0.2) is 6.10 Å². The molecule has 0 heterocycles. The molecular formula is C10H22OS. The lowest BCUT2D eigenvalue weighted by Crippen LogP contribution is -2.05. The monoisotopic (exact) mass is 190 g/mol. The van der Waals surface area contributed by atoms with Gasteiger partial charge in [-0.3, -0.25) is 0 Å². The summed E-state index contributed by atoms with van der Waals surface area (Å²) < 4.78 is 5.00. The average molecular weight is 190 g/mol. The fourth-order valence-electron chi connectivity index (χ4n) is 1.26. The highest BCUT2D eigenvalue weighted by Crippen LogP contribution is 2.13. The fourth-order valence-corrected chi connectivity index (χ4v) is 1.51. The molecule has 1 nitrogen and oxygen atoms in total. The third-order valence-electron chi connectivity index (χ3n) is 2.16. The van der Waals surface area contributed by atoms with E-state index in [1.54, 1.807) is 0 Å². The van der Waals surface area contributed by atoms with E-state index in [-0.39, 0.29) is 0 Å². The minimum Gasteiger partial charge on any atom is -0.315 e. The maximum Gasteiger partial charge on any atom is 0.0716 e. The molecule has 1 atom stereocenters. The van der Waals surface area contributed by atoms with E-state index in [2.05, 4.69) is 33.7 Å². The first-order valence-corrected chi connectivity index (χ1v) is 5.37. The van der Waals surface area contributed by atoms with Gasteiger partial charge in [0.1, 0.15) is 0 Å². The Hall–Kier alpha value is 0.310. The summed E-state index contributed by atoms with van der Waals surface area (Å²) in [6.45, 7) is 6.68. The van der Waals surface area contributed by atoms with Crippen LogP contribution in [0.5, 0.6) is 0 Å². The van der Waals surface area contributed by atoms with E-state index in [0.29, 0.717) is 6.10 Å². The minimum atomic E-state index is 0.362. The molecule has 0 aromatic heterocycles. The summed E-state index contributed by atoms with van der Waals surface area (Å²) in [7, 11) is 0. The number of unbranched alkanes of at least 4 members (excludes halogenated alkanes) is 1. The topological polar surface area (TPSA) is 9.23 Å². The van der Waals surface area contributed by atoms with Gasteiger partial charge in [-0.2, -0.15) is 0 Å². The molecule has 0 amide bonds. The Bertz CT molecular complexity index is 89.8. The molecule has 2 heteroatoms. The van der Waals surface area contributed by atoms with Gasteiger partial charge in [0, 0.05) is 0 Å². The Kier molecular flexibility index (Phi) is 8.14. The van der Waals surface area contributed by atoms with Crippen LogP contribution >= 0.6 is 12.9 Å². The van der Waals surface area contributed by atoms with Crippen molar-refractivity contribution in [2.24, 2.45) is 5.92 Å². The van der Waals surface area contributed by atoms with Gasteiger partial charge >= 0.3 is 0 Å². The SMILES string of the molecule is CCC(CCCCC(C)C)OS. The van der Waals surface area contributed by atoms with E-state index >= 15 is 0 Å². The van der Waals surface area contributed by atoms with Crippen molar-refractivity contribution in [2.45, 2.75) is 59.0 Å². The highest BCUT2D eigenvalue weighted by molar-refractivity contribution is 7.75. The summed E-state index contributed by atoms with van der Waals surface area (Å²) in [6, 6.07) is 0. The van der Waals surface area contributed by atoms with E-state index in [1.165, 1.54) is 19.3 Å². The van der Waals surface area contributed by atoms with Crippen molar-refractivity contribution in [3.05, 3.63) is 0 Å². The zero-order valence-corrected chi connectivity index (χ0v) is 9.44. The van der Waals surface area contributed by atoms with Crippen molar-refractivity contribution >= 4 is 12.9 Å². The molecule has 74 valence electrons. The van der Waals surface area contributed by atoms with E-state index in [9.17, 15) is 0 Å². The van der Waals surface area contributed by atoms with Gasteiger partial charge in [0.15, 0.2) is 0 Å². The quantitative estimate of drug-likeness (QED) is 0.364. The van der Waals surface area contributed by atoms with Crippen LogP contribution in [0.25, 0.3) is 0 Å². The van der Waals surface area contributed by atoms with Gasteiger partial charge in [-0.15, -0.1) is 0 Å². The highest BCUT2D eigenvalue weighted by Gasteiger charge is 2.04. The van der Waals surface area contributed by atoms with Crippen molar-refractivity contribution in [1.29, 1.82) is 0 Å². The zero-order valence-electron chi connectivity index (χ0n) is 8.55. The van der Waals surface area contributed by atoms with Crippen LogP contribution in [0.3, 0.4) is 0 Å². The lowest BCUT2D eigenvalue weighted by atomic mass is 10.0. The molecule has 12 heavy (non-hydrogen) atoms. The van der Waals surface area contributed by atoms with Crippen molar-refractivity contribution in [1.82, 2.24) is 0 Å². The van der Waals surface area contributed by atoms with Crippen LogP contribution in [0.2, 0.25) is 0 Å². The summed E-state index contributed by atoms with van der Waals surface area (Å²) in [6.07, 6.45) is 6.53. The smallest absolute Gasteiger partial charge is 0.0716 e. The number of hydrogen-bond acceptors (Lipinski definition) is 2. The molecule has 0 saturated carbocycles. The van der Waals surface area contributed by atoms with Crippen molar-refractivity contribution in [3.63, 3.8) is 0 Å². The molecule has 1 unspecified atom stereocenters. The van der Waals surface area contributed by atoms with Gasteiger partial charge in [-0.25, -0.2) is 0 Å². The van der Waals surface area contributed by atoms with Crippen molar-refractivity contribution in [2.75, 3.05) is 0 Å². The molecule has 0 aliphatic heterocycles. The Morgan fingerprint density at radius 2 is 1.75 bits per heavy atom. The first-order valence-electron chi connectivity index (χ1n) is 5.00. The number of hydrogen-bond donors (Lipinski definition) is 1. The lowest BCUT2D eigenvalue weighted by Gasteiger charge is -2.11. The van der Waals surface area contributed by atoms with Crippen LogP contribution in [-0.2, 0) is 4.18 Å². The van der Waals surface area contributed by atoms with Gasteiger partial charge in [-0.05, 0) is 31.7 Å². The maximum absolute atomic E-state index is 5.00. The van der Waals surface area contributed by atoms with Crippen LogP contribution in [0.1, 0.15) is 52.9 Å². The normalized spacial score (nSPS) is 13.8. The molecule has 0 aliphatic rings. The predicted molar refractivity (Wildman–Crippen MR) is 57.5 cm³/mol. The summed E-state index contributed by atoms with van der Waals surface area (Å²) in [4.78, 5) is 0. The molecule has 0 spiro atoms. The molecule has 0 aliphatic carbocycles. The summed E-state index contributed by atoms with van der Waals surface area (Å²) >= 11 is 3.84. The standard InChI is InChI=1S/C10H22OS/c1-4-10(11-12)8-6-5-7-9(2)3/h9-10,12H,4-8H2,1-3H3. The first kappa shape index (κ1) is 12.3. The summed E-state index contributed by atoms with van der Waals surface area (Å²) in [5.74, 6) is 0.835. The van der Waals surface area contributed by atoms with Crippen molar-refractivity contribution < 1.29 is 4.18 Å². The lowest BCUT2D eigenvalue weighted by molar-refractivity contribution is 0.222. The Balaban J connectivity index is 3.17.